The summed E-state index contributed by atoms with van der Waals surface area (Å²) in [6.45, 7) is 2.48. The van der Waals surface area contributed by atoms with Gasteiger partial charge in [-0.3, -0.25) is 14.5 Å². The molecule has 1 aliphatic heterocycles. The van der Waals surface area contributed by atoms with Gasteiger partial charge in [-0.15, -0.1) is 0 Å². The largest absolute Gasteiger partial charge is 0.497 e. The van der Waals surface area contributed by atoms with E-state index in [-0.39, 0.29) is 11.8 Å². The Kier molecular flexibility index (Phi) is 7.50. The molecular formula is C32H30N2O5. The van der Waals surface area contributed by atoms with Crippen molar-refractivity contribution in [1.82, 2.24) is 0 Å². The van der Waals surface area contributed by atoms with E-state index >= 15 is 0 Å². The predicted octanol–water partition coefficient (Wildman–Crippen LogP) is 6.23. The Morgan fingerprint density at radius 2 is 1.38 bits per heavy atom. The van der Waals surface area contributed by atoms with Crippen molar-refractivity contribution in [2.24, 2.45) is 0 Å². The summed E-state index contributed by atoms with van der Waals surface area (Å²) in [5, 5.41) is 3.07. The molecule has 2 amide bonds. The quantitative estimate of drug-likeness (QED) is 0.297. The highest BCUT2D eigenvalue weighted by Crippen LogP contribution is 2.46. The Bertz CT molecular complexity index is 1450. The van der Waals surface area contributed by atoms with Crippen LogP contribution in [0.25, 0.3) is 0 Å². The van der Waals surface area contributed by atoms with E-state index in [4.69, 9.17) is 14.2 Å². The zero-order chi connectivity index (χ0) is 27.4. The fourth-order valence-electron chi connectivity index (χ4n) is 5.01. The van der Waals surface area contributed by atoms with Crippen LogP contribution in [0.5, 0.6) is 17.2 Å². The third-order valence-corrected chi connectivity index (χ3v) is 6.86. The Balaban J connectivity index is 1.63. The second-order valence-corrected chi connectivity index (χ2v) is 9.10. The van der Waals surface area contributed by atoms with E-state index in [9.17, 15) is 9.59 Å². The molecule has 0 spiro atoms. The number of nitrogens with zero attached hydrogens (tertiary/aromatic N) is 1. The van der Waals surface area contributed by atoms with Crippen LogP contribution in [-0.4, -0.2) is 32.6 Å². The number of nitrogens with one attached hydrogen (secondary N) is 1. The molecule has 1 aliphatic rings. The normalized spacial score (nSPS) is 16.3. The molecule has 0 bridgehead atoms. The number of carbonyl (C=O) groups excluding carboxylic acids is 2. The lowest BCUT2D eigenvalue weighted by atomic mass is 9.78. The number of hydrogen-bond donors (Lipinski definition) is 1. The van der Waals surface area contributed by atoms with Crippen molar-refractivity contribution in [2.45, 2.75) is 18.9 Å². The highest BCUT2D eigenvalue weighted by atomic mass is 16.5. The molecule has 1 N–H and O–H groups in total. The summed E-state index contributed by atoms with van der Waals surface area (Å²) in [7, 11) is 3.20. The standard InChI is InChI=1S/C32H30N2O5/c1-4-39-26-17-11-22(12-18-26)33-31(35)29-27-7-5-6-8-28(27)32(36)34(23-13-19-25(38-3)20-14-23)30(29)21-9-15-24(37-2)16-10-21/h5-20,29-30H,4H2,1-3H3,(H,33,35)/t29-,30+/m0/s1. The lowest BCUT2D eigenvalue weighted by molar-refractivity contribution is -0.118. The van der Waals surface area contributed by atoms with Crippen LogP contribution in [0.1, 0.15) is 40.4 Å². The van der Waals surface area contributed by atoms with Gasteiger partial charge in [-0.1, -0.05) is 30.3 Å². The minimum absolute atomic E-state index is 0.179. The predicted molar refractivity (Wildman–Crippen MR) is 151 cm³/mol. The van der Waals surface area contributed by atoms with E-state index < -0.39 is 12.0 Å². The molecule has 4 aromatic carbocycles. The molecule has 0 aromatic heterocycles. The van der Waals surface area contributed by atoms with Gasteiger partial charge in [-0.2, -0.15) is 0 Å². The molecule has 2 atom stereocenters. The van der Waals surface area contributed by atoms with Crippen molar-refractivity contribution >= 4 is 23.2 Å². The molecule has 0 unspecified atom stereocenters. The Labute approximate surface area is 227 Å². The lowest BCUT2D eigenvalue weighted by Gasteiger charge is -2.42. The molecule has 0 radical (unpaired) electrons. The molecule has 1 heterocycles. The molecule has 39 heavy (non-hydrogen) atoms. The Morgan fingerprint density at radius 3 is 2.00 bits per heavy atom. The van der Waals surface area contributed by atoms with Crippen molar-refractivity contribution in [3.05, 3.63) is 114 Å². The van der Waals surface area contributed by atoms with Crippen LogP contribution in [0.15, 0.2) is 97.1 Å². The summed E-state index contributed by atoms with van der Waals surface area (Å²) in [6.07, 6.45) is 0. The number of benzene rings is 4. The van der Waals surface area contributed by atoms with Gasteiger partial charge in [0.25, 0.3) is 5.91 Å². The van der Waals surface area contributed by atoms with Crippen LogP contribution in [-0.2, 0) is 4.79 Å². The number of carbonyl (C=O) groups is 2. The molecule has 0 fully saturated rings. The zero-order valence-corrected chi connectivity index (χ0v) is 22.1. The van der Waals surface area contributed by atoms with Gasteiger partial charge in [0.2, 0.25) is 5.91 Å². The van der Waals surface area contributed by atoms with Gasteiger partial charge in [0.05, 0.1) is 32.8 Å². The summed E-state index contributed by atoms with van der Waals surface area (Å²) >= 11 is 0. The maximum Gasteiger partial charge on any atom is 0.259 e. The van der Waals surface area contributed by atoms with E-state index in [1.54, 1.807) is 25.2 Å². The molecule has 7 heteroatoms. The van der Waals surface area contributed by atoms with E-state index in [1.807, 2.05) is 97.9 Å². The first kappa shape index (κ1) is 25.9. The maximum atomic E-state index is 14.1. The van der Waals surface area contributed by atoms with Gasteiger partial charge >= 0.3 is 0 Å². The zero-order valence-electron chi connectivity index (χ0n) is 22.1. The van der Waals surface area contributed by atoms with Gasteiger partial charge < -0.3 is 19.5 Å². The van der Waals surface area contributed by atoms with Crippen molar-refractivity contribution in [3.63, 3.8) is 0 Å². The highest BCUT2D eigenvalue weighted by molar-refractivity contribution is 6.12. The number of anilines is 2. The molecule has 198 valence electrons. The van der Waals surface area contributed by atoms with Crippen molar-refractivity contribution in [1.29, 1.82) is 0 Å². The number of hydrogen-bond acceptors (Lipinski definition) is 5. The molecule has 5 rings (SSSR count). The average molecular weight is 523 g/mol. The summed E-state index contributed by atoms with van der Waals surface area (Å²) in [5.41, 5.74) is 3.28. The van der Waals surface area contributed by atoms with Crippen LogP contribution in [0.2, 0.25) is 0 Å². The van der Waals surface area contributed by atoms with Crippen LogP contribution in [0.4, 0.5) is 11.4 Å². The van der Waals surface area contributed by atoms with E-state index in [2.05, 4.69) is 5.32 Å². The van der Waals surface area contributed by atoms with Crippen molar-refractivity contribution in [2.75, 3.05) is 31.0 Å². The first-order chi connectivity index (χ1) is 19.0. The lowest BCUT2D eigenvalue weighted by Crippen LogP contribution is -2.46. The smallest absolute Gasteiger partial charge is 0.259 e. The minimum atomic E-state index is -0.694. The first-order valence-electron chi connectivity index (χ1n) is 12.8. The fourth-order valence-corrected chi connectivity index (χ4v) is 5.01. The molecular weight excluding hydrogens is 492 g/mol. The van der Waals surface area contributed by atoms with E-state index in [1.165, 1.54) is 0 Å². The SMILES string of the molecule is CCOc1ccc(NC(=O)[C@H]2c3ccccc3C(=O)N(c3ccc(OC)cc3)[C@@H]2c2ccc(OC)cc2)cc1. The van der Waals surface area contributed by atoms with Crippen LogP contribution >= 0.6 is 0 Å². The number of methoxy groups -OCH3 is 2. The van der Waals surface area contributed by atoms with Crippen LogP contribution in [0, 0.1) is 0 Å². The summed E-state index contributed by atoms with van der Waals surface area (Å²) in [4.78, 5) is 29.8. The van der Waals surface area contributed by atoms with Gasteiger partial charge in [-0.25, -0.2) is 0 Å². The number of amides is 2. The summed E-state index contributed by atoms with van der Waals surface area (Å²) in [5.74, 6) is 0.995. The van der Waals surface area contributed by atoms with Crippen molar-refractivity contribution < 1.29 is 23.8 Å². The van der Waals surface area contributed by atoms with E-state index in [0.717, 1.165) is 11.3 Å². The van der Waals surface area contributed by atoms with Crippen molar-refractivity contribution in [3.8, 4) is 17.2 Å². The van der Waals surface area contributed by atoms with E-state index in [0.29, 0.717) is 40.6 Å². The molecule has 7 nitrogen and oxygen atoms in total. The number of ether oxygens (including phenoxy) is 3. The second-order valence-electron chi connectivity index (χ2n) is 9.10. The Hall–Kier alpha value is -4.78. The Morgan fingerprint density at radius 1 is 0.795 bits per heavy atom. The fraction of sp³-hybridized carbons (Fsp3) is 0.188. The highest BCUT2D eigenvalue weighted by Gasteiger charge is 2.45. The third-order valence-electron chi connectivity index (χ3n) is 6.86. The molecule has 0 saturated heterocycles. The summed E-state index contributed by atoms with van der Waals surface area (Å²) < 4.78 is 16.2. The topological polar surface area (TPSA) is 77.1 Å². The van der Waals surface area contributed by atoms with Crippen LogP contribution < -0.4 is 24.4 Å². The number of fused-ring (bicyclic) bond motifs is 1. The first-order valence-corrected chi connectivity index (χ1v) is 12.8. The molecule has 0 aliphatic carbocycles. The van der Waals surface area contributed by atoms with Gasteiger partial charge in [0, 0.05) is 16.9 Å². The minimum Gasteiger partial charge on any atom is -0.497 e. The third kappa shape index (κ3) is 5.16. The second kappa shape index (κ2) is 11.3. The maximum absolute atomic E-state index is 14.1. The average Bonchev–Trinajstić information content (AvgIpc) is 2.98. The van der Waals surface area contributed by atoms with Crippen LogP contribution in [0.3, 0.4) is 0 Å². The molecule has 4 aromatic rings. The van der Waals surface area contributed by atoms with Gasteiger partial charge in [0.15, 0.2) is 0 Å². The number of rotatable bonds is 8. The van der Waals surface area contributed by atoms with Gasteiger partial charge in [-0.05, 0) is 84.8 Å². The summed E-state index contributed by atoms with van der Waals surface area (Å²) in [6, 6.07) is 28.7. The molecule has 0 saturated carbocycles. The monoisotopic (exact) mass is 522 g/mol. The van der Waals surface area contributed by atoms with Gasteiger partial charge in [0.1, 0.15) is 17.2 Å².